The minimum absolute atomic E-state index is 0.126. The van der Waals surface area contributed by atoms with E-state index in [1.165, 1.54) is 10.9 Å². The zero-order chi connectivity index (χ0) is 23.7. The van der Waals surface area contributed by atoms with Crippen LogP contribution in [0.4, 0.5) is 0 Å². The van der Waals surface area contributed by atoms with Crippen LogP contribution in [-0.2, 0) is 13.6 Å². The highest BCUT2D eigenvalue weighted by molar-refractivity contribution is 6.30. The van der Waals surface area contributed by atoms with Crippen molar-refractivity contribution in [3.8, 4) is 22.8 Å². The normalized spacial score (nSPS) is 11.0. The lowest BCUT2D eigenvalue weighted by molar-refractivity contribution is 0.0970. The van der Waals surface area contributed by atoms with Crippen LogP contribution >= 0.6 is 11.6 Å². The SMILES string of the molecule is Cn1ccc(-c2cc(Oc3ccc4ncn(CC(=O)c5ccc(Cl)cc5)c(=O)c4c3)ccn2)c1. The van der Waals surface area contributed by atoms with Crippen molar-refractivity contribution in [2.24, 2.45) is 7.05 Å². The predicted octanol–water partition coefficient (Wildman–Crippen LogP) is 5.13. The molecule has 8 heteroatoms. The molecule has 3 aromatic heterocycles. The molecule has 2 aromatic carbocycles. The van der Waals surface area contributed by atoms with Gasteiger partial charge in [-0.3, -0.25) is 19.1 Å². The monoisotopic (exact) mass is 470 g/mol. The molecule has 5 rings (SSSR count). The number of ether oxygens (including phenoxy) is 1. The topological polar surface area (TPSA) is 79.0 Å². The fourth-order valence-electron chi connectivity index (χ4n) is 3.62. The van der Waals surface area contributed by atoms with E-state index < -0.39 is 0 Å². The van der Waals surface area contributed by atoms with Crippen LogP contribution in [0.25, 0.3) is 22.2 Å². The van der Waals surface area contributed by atoms with Gasteiger partial charge in [-0.2, -0.15) is 0 Å². The van der Waals surface area contributed by atoms with Crippen LogP contribution in [0.2, 0.25) is 5.02 Å². The van der Waals surface area contributed by atoms with E-state index in [2.05, 4.69) is 9.97 Å². The zero-order valence-electron chi connectivity index (χ0n) is 18.2. The molecule has 0 aliphatic carbocycles. The van der Waals surface area contributed by atoms with Crippen LogP contribution in [-0.4, -0.2) is 24.9 Å². The van der Waals surface area contributed by atoms with Gasteiger partial charge in [-0.25, -0.2) is 4.98 Å². The maximum absolute atomic E-state index is 13.1. The summed E-state index contributed by atoms with van der Waals surface area (Å²) in [6.07, 6.45) is 6.98. The van der Waals surface area contributed by atoms with Gasteiger partial charge < -0.3 is 9.30 Å². The summed E-state index contributed by atoms with van der Waals surface area (Å²) in [6.45, 7) is -0.126. The Morgan fingerprint density at radius 3 is 2.56 bits per heavy atom. The molecule has 0 fully saturated rings. The third-order valence-corrected chi connectivity index (χ3v) is 5.62. The molecule has 0 unspecified atom stereocenters. The summed E-state index contributed by atoms with van der Waals surface area (Å²) in [7, 11) is 1.95. The second-order valence-corrected chi connectivity index (χ2v) is 8.27. The number of hydrogen-bond donors (Lipinski definition) is 0. The van der Waals surface area contributed by atoms with E-state index in [9.17, 15) is 9.59 Å². The van der Waals surface area contributed by atoms with Crippen molar-refractivity contribution >= 4 is 28.3 Å². The summed E-state index contributed by atoms with van der Waals surface area (Å²) in [5.74, 6) is 0.867. The standard InChI is InChI=1S/C26H19ClN4O3/c1-30-11-9-18(14-30)24-13-21(8-10-28-24)34-20-6-7-23-22(12-20)26(33)31(16-29-23)15-25(32)17-2-4-19(27)5-3-17/h2-14,16H,15H2,1H3. The summed E-state index contributed by atoms with van der Waals surface area (Å²) in [5, 5.41) is 0.903. The maximum atomic E-state index is 13.1. The Morgan fingerprint density at radius 2 is 1.79 bits per heavy atom. The van der Waals surface area contributed by atoms with Gasteiger partial charge in [-0.1, -0.05) is 11.6 Å². The van der Waals surface area contributed by atoms with E-state index in [1.54, 1.807) is 54.7 Å². The van der Waals surface area contributed by atoms with Crippen molar-refractivity contribution in [3.63, 3.8) is 0 Å². The summed E-state index contributed by atoms with van der Waals surface area (Å²) in [6, 6.07) is 17.2. The molecule has 0 amide bonds. The van der Waals surface area contributed by atoms with Gasteiger partial charge in [0, 0.05) is 47.9 Å². The van der Waals surface area contributed by atoms with E-state index >= 15 is 0 Å². The molecule has 0 radical (unpaired) electrons. The highest BCUT2D eigenvalue weighted by atomic mass is 35.5. The number of rotatable bonds is 6. The number of pyridine rings is 1. The van der Waals surface area contributed by atoms with Crippen molar-refractivity contribution in [2.45, 2.75) is 6.54 Å². The van der Waals surface area contributed by atoms with Crippen molar-refractivity contribution in [3.05, 3.63) is 107 Å². The highest BCUT2D eigenvalue weighted by Crippen LogP contribution is 2.27. The molecule has 0 atom stereocenters. The van der Waals surface area contributed by atoms with Gasteiger partial charge in [-0.05, 0) is 54.6 Å². The van der Waals surface area contributed by atoms with E-state index in [4.69, 9.17) is 16.3 Å². The summed E-state index contributed by atoms with van der Waals surface area (Å²) in [4.78, 5) is 34.4. The van der Waals surface area contributed by atoms with E-state index in [-0.39, 0.29) is 17.9 Å². The smallest absolute Gasteiger partial charge is 0.261 e. The van der Waals surface area contributed by atoms with Gasteiger partial charge in [0.2, 0.25) is 0 Å². The first-order chi connectivity index (χ1) is 16.5. The van der Waals surface area contributed by atoms with Crippen LogP contribution < -0.4 is 10.3 Å². The van der Waals surface area contributed by atoms with E-state index in [1.807, 2.05) is 36.1 Å². The molecule has 0 saturated carbocycles. The molecular weight excluding hydrogens is 452 g/mol. The van der Waals surface area contributed by atoms with Crippen LogP contribution in [0.15, 0.2) is 90.4 Å². The van der Waals surface area contributed by atoms with Crippen LogP contribution in [0.1, 0.15) is 10.4 Å². The third-order valence-electron chi connectivity index (χ3n) is 5.37. The maximum Gasteiger partial charge on any atom is 0.261 e. The Morgan fingerprint density at radius 1 is 1.00 bits per heavy atom. The second-order valence-electron chi connectivity index (χ2n) is 7.83. The molecular formula is C26H19ClN4O3. The molecule has 0 saturated heterocycles. The van der Waals surface area contributed by atoms with Crippen molar-refractivity contribution in [2.75, 3.05) is 0 Å². The van der Waals surface area contributed by atoms with Crippen molar-refractivity contribution < 1.29 is 9.53 Å². The van der Waals surface area contributed by atoms with Gasteiger partial charge in [0.1, 0.15) is 11.5 Å². The third kappa shape index (κ3) is 4.46. The van der Waals surface area contributed by atoms with E-state index in [0.29, 0.717) is 33.0 Å². The fourth-order valence-corrected chi connectivity index (χ4v) is 3.75. The molecule has 0 aliphatic rings. The number of carbonyl (C=O) groups excluding carboxylic acids is 1. The number of halogens is 1. The molecule has 0 spiro atoms. The van der Waals surface area contributed by atoms with Gasteiger partial charge >= 0.3 is 0 Å². The molecule has 7 nitrogen and oxygen atoms in total. The number of hydrogen-bond acceptors (Lipinski definition) is 5. The van der Waals surface area contributed by atoms with Gasteiger partial charge in [0.25, 0.3) is 5.56 Å². The van der Waals surface area contributed by atoms with Gasteiger partial charge in [0.15, 0.2) is 5.78 Å². The fraction of sp³-hybridized carbons (Fsp3) is 0.0769. The van der Waals surface area contributed by atoms with Crippen molar-refractivity contribution in [1.29, 1.82) is 0 Å². The number of aryl methyl sites for hydroxylation is 1. The lowest BCUT2D eigenvalue weighted by atomic mass is 10.1. The summed E-state index contributed by atoms with van der Waals surface area (Å²) >= 11 is 5.89. The molecule has 0 bridgehead atoms. The first-order valence-electron chi connectivity index (χ1n) is 10.5. The van der Waals surface area contributed by atoms with E-state index in [0.717, 1.165) is 11.3 Å². The zero-order valence-corrected chi connectivity index (χ0v) is 18.9. The molecule has 5 aromatic rings. The summed E-state index contributed by atoms with van der Waals surface area (Å²) in [5.41, 5.74) is 2.43. The molecule has 0 N–H and O–H groups in total. The number of carbonyl (C=O) groups is 1. The second kappa shape index (κ2) is 8.96. The lowest BCUT2D eigenvalue weighted by Crippen LogP contribution is -2.24. The Hall–Kier alpha value is -4.23. The van der Waals surface area contributed by atoms with Crippen LogP contribution in [0.5, 0.6) is 11.5 Å². The summed E-state index contributed by atoms with van der Waals surface area (Å²) < 4.78 is 9.25. The Kier molecular flexibility index (Phi) is 5.69. The van der Waals surface area contributed by atoms with Crippen molar-refractivity contribution in [1.82, 2.24) is 19.1 Å². The van der Waals surface area contributed by atoms with Gasteiger partial charge in [-0.15, -0.1) is 0 Å². The molecule has 168 valence electrons. The Balaban J connectivity index is 1.42. The molecule has 3 heterocycles. The quantitative estimate of drug-likeness (QED) is 0.321. The largest absolute Gasteiger partial charge is 0.457 e. The predicted molar refractivity (Wildman–Crippen MR) is 131 cm³/mol. The Bertz CT molecular complexity index is 1570. The number of ketones is 1. The first-order valence-corrected chi connectivity index (χ1v) is 10.9. The minimum Gasteiger partial charge on any atom is -0.457 e. The Labute approximate surface area is 199 Å². The lowest BCUT2D eigenvalue weighted by Gasteiger charge is -2.09. The number of aromatic nitrogens is 4. The minimum atomic E-state index is -0.322. The molecule has 34 heavy (non-hydrogen) atoms. The average Bonchev–Trinajstić information content (AvgIpc) is 3.28. The van der Waals surface area contributed by atoms with Crippen LogP contribution in [0.3, 0.4) is 0 Å². The number of nitrogens with zero attached hydrogens (tertiary/aromatic N) is 4. The first kappa shape index (κ1) is 21.6. The average molecular weight is 471 g/mol. The number of fused-ring (bicyclic) bond motifs is 1. The van der Waals surface area contributed by atoms with Gasteiger partial charge in [0.05, 0.1) is 29.5 Å². The van der Waals surface area contributed by atoms with Crippen LogP contribution in [0, 0.1) is 0 Å². The number of Topliss-reactive ketones (excluding diaryl/α,β-unsaturated/α-hetero) is 1. The number of benzene rings is 2. The molecule has 0 aliphatic heterocycles. The highest BCUT2D eigenvalue weighted by Gasteiger charge is 2.12.